The SMILES string of the molecule is FC(F)c1nc(Oc2ccc(Sc3ccncc3)cc2)c2ccccc2n1. The second-order valence-electron chi connectivity index (χ2n) is 5.56. The van der Waals surface area contributed by atoms with Crippen LogP contribution in [-0.2, 0) is 0 Å². The van der Waals surface area contributed by atoms with E-state index in [1.807, 2.05) is 24.3 Å². The molecule has 0 aliphatic carbocycles. The maximum atomic E-state index is 13.1. The first-order valence-electron chi connectivity index (χ1n) is 8.10. The van der Waals surface area contributed by atoms with Crippen LogP contribution < -0.4 is 4.74 Å². The highest BCUT2D eigenvalue weighted by molar-refractivity contribution is 7.99. The lowest BCUT2D eigenvalue weighted by Crippen LogP contribution is -1.99. The molecule has 0 saturated carbocycles. The van der Waals surface area contributed by atoms with E-state index in [4.69, 9.17) is 4.74 Å². The van der Waals surface area contributed by atoms with Crippen LogP contribution >= 0.6 is 11.8 Å². The number of pyridine rings is 1. The highest BCUT2D eigenvalue weighted by Crippen LogP contribution is 2.32. The molecule has 0 N–H and O–H groups in total. The summed E-state index contributed by atoms with van der Waals surface area (Å²) < 4.78 is 32.0. The predicted octanol–water partition coefficient (Wildman–Crippen LogP) is 5.91. The molecule has 0 radical (unpaired) electrons. The standard InChI is InChI=1S/C20H13F2N3OS/c21-18(22)19-24-17-4-2-1-3-16(17)20(25-19)26-13-5-7-14(8-6-13)27-15-9-11-23-12-10-15/h1-12,18H. The highest BCUT2D eigenvalue weighted by atomic mass is 32.2. The van der Waals surface area contributed by atoms with Gasteiger partial charge >= 0.3 is 0 Å². The molecule has 4 aromatic rings. The zero-order chi connectivity index (χ0) is 18.6. The Morgan fingerprint density at radius 2 is 1.52 bits per heavy atom. The fourth-order valence-electron chi connectivity index (χ4n) is 2.47. The van der Waals surface area contributed by atoms with E-state index in [0.717, 1.165) is 9.79 Å². The van der Waals surface area contributed by atoms with Gasteiger partial charge in [-0.25, -0.2) is 13.8 Å². The van der Waals surface area contributed by atoms with Gasteiger partial charge in [0.1, 0.15) is 5.75 Å². The van der Waals surface area contributed by atoms with E-state index in [-0.39, 0.29) is 5.88 Å². The molecule has 0 aliphatic rings. The molecule has 0 bridgehead atoms. The second kappa shape index (κ2) is 7.67. The van der Waals surface area contributed by atoms with Gasteiger partial charge in [-0.15, -0.1) is 0 Å². The van der Waals surface area contributed by atoms with Gasteiger partial charge in [-0.05, 0) is 48.5 Å². The Morgan fingerprint density at radius 3 is 2.26 bits per heavy atom. The van der Waals surface area contributed by atoms with Crippen LogP contribution in [0, 0.1) is 0 Å². The molecule has 2 heterocycles. The Kier molecular flexibility index (Phi) is 4.93. The first-order valence-corrected chi connectivity index (χ1v) is 8.91. The summed E-state index contributed by atoms with van der Waals surface area (Å²) in [5.74, 6) is 0.0807. The molecule has 4 nitrogen and oxygen atoms in total. The maximum absolute atomic E-state index is 13.1. The lowest BCUT2D eigenvalue weighted by molar-refractivity contribution is 0.140. The number of aromatic nitrogens is 3. The minimum Gasteiger partial charge on any atom is -0.438 e. The molecule has 0 amide bonds. The van der Waals surface area contributed by atoms with Crippen molar-refractivity contribution in [2.24, 2.45) is 0 Å². The van der Waals surface area contributed by atoms with Crippen molar-refractivity contribution in [2.45, 2.75) is 16.2 Å². The van der Waals surface area contributed by atoms with Crippen LogP contribution in [0.4, 0.5) is 8.78 Å². The van der Waals surface area contributed by atoms with Crippen molar-refractivity contribution in [2.75, 3.05) is 0 Å². The van der Waals surface area contributed by atoms with Crippen LogP contribution in [0.3, 0.4) is 0 Å². The Bertz CT molecular complexity index is 1060. The van der Waals surface area contributed by atoms with Crippen LogP contribution in [-0.4, -0.2) is 15.0 Å². The maximum Gasteiger partial charge on any atom is 0.297 e. The summed E-state index contributed by atoms with van der Waals surface area (Å²) in [6.45, 7) is 0. The van der Waals surface area contributed by atoms with Crippen LogP contribution in [0.5, 0.6) is 11.6 Å². The van der Waals surface area contributed by atoms with Crippen molar-refractivity contribution in [3.8, 4) is 11.6 Å². The quantitative estimate of drug-likeness (QED) is 0.430. The van der Waals surface area contributed by atoms with Crippen LogP contribution in [0.25, 0.3) is 10.9 Å². The molecule has 0 atom stereocenters. The number of hydrogen-bond donors (Lipinski definition) is 0. The van der Waals surface area contributed by atoms with Crippen molar-refractivity contribution >= 4 is 22.7 Å². The number of alkyl halides is 2. The molecular formula is C20H13F2N3OS. The molecular weight excluding hydrogens is 368 g/mol. The average molecular weight is 381 g/mol. The van der Waals surface area contributed by atoms with Gasteiger partial charge in [0.2, 0.25) is 5.88 Å². The monoisotopic (exact) mass is 381 g/mol. The van der Waals surface area contributed by atoms with Crippen molar-refractivity contribution in [1.82, 2.24) is 15.0 Å². The van der Waals surface area contributed by atoms with Crippen molar-refractivity contribution in [3.05, 3.63) is 78.9 Å². The third-order valence-electron chi connectivity index (χ3n) is 3.70. The van der Waals surface area contributed by atoms with Crippen molar-refractivity contribution in [3.63, 3.8) is 0 Å². The smallest absolute Gasteiger partial charge is 0.297 e. The molecule has 27 heavy (non-hydrogen) atoms. The van der Waals surface area contributed by atoms with Gasteiger partial charge in [0, 0.05) is 22.2 Å². The van der Waals surface area contributed by atoms with Crippen molar-refractivity contribution < 1.29 is 13.5 Å². The molecule has 2 aromatic carbocycles. The van der Waals surface area contributed by atoms with Gasteiger partial charge in [0.05, 0.1) is 10.9 Å². The van der Waals surface area contributed by atoms with Crippen LogP contribution in [0.15, 0.2) is 82.8 Å². The van der Waals surface area contributed by atoms with Gasteiger partial charge in [0.15, 0.2) is 5.82 Å². The zero-order valence-electron chi connectivity index (χ0n) is 13.9. The van der Waals surface area contributed by atoms with E-state index in [1.54, 1.807) is 60.6 Å². The normalized spacial score (nSPS) is 11.1. The largest absolute Gasteiger partial charge is 0.438 e. The molecule has 2 aromatic heterocycles. The molecule has 0 saturated heterocycles. The van der Waals surface area contributed by atoms with Gasteiger partial charge < -0.3 is 4.74 Å². The summed E-state index contributed by atoms with van der Waals surface area (Å²) in [5, 5.41) is 0.581. The fourth-order valence-corrected chi connectivity index (χ4v) is 3.27. The van der Waals surface area contributed by atoms with Gasteiger partial charge in [-0.3, -0.25) is 4.98 Å². The Balaban J connectivity index is 1.60. The number of benzene rings is 2. The van der Waals surface area contributed by atoms with Crippen LogP contribution in [0.2, 0.25) is 0 Å². The van der Waals surface area contributed by atoms with Crippen LogP contribution in [0.1, 0.15) is 12.2 Å². The lowest BCUT2D eigenvalue weighted by Gasteiger charge is -2.10. The van der Waals surface area contributed by atoms with E-state index >= 15 is 0 Å². The van der Waals surface area contributed by atoms with E-state index < -0.39 is 12.2 Å². The van der Waals surface area contributed by atoms with E-state index in [2.05, 4.69) is 15.0 Å². The van der Waals surface area contributed by atoms with E-state index in [9.17, 15) is 8.78 Å². The molecule has 0 fully saturated rings. The number of rotatable bonds is 5. The number of para-hydroxylation sites is 1. The average Bonchev–Trinajstić information content (AvgIpc) is 2.70. The number of ether oxygens (including phenoxy) is 1. The zero-order valence-corrected chi connectivity index (χ0v) is 14.7. The minimum absolute atomic E-state index is 0.116. The Morgan fingerprint density at radius 1 is 0.815 bits per heavy atom. The summed E-state index contributed by atoms with van der Waals surface area (Å²) in [6.07, 6.45) is 0.706. The van der Waals surface area contributed by atoms with Gasteiger partial charge in [-0.2, -0.15) is 4.98 Å². The first-order chi connectivity index (χ1) is 13.2. The first kappa shape index (κ1) is 17.4. The number of halogens is 2. The summed E-state index contributed by atoms with van der Waals surface area (Å²) in [5.41, 5.74) is 0.419. The Hall–Kier alpha value is -3.06. The summed E-state index contributed by atoms with van der Waals surface area (Å²) >= 11 is 1.59. The number of nitrogens with zero attached hydrogens (tertiary/aromatic N) is 3. The van der Waals surface area contributed by atoms with E-state index in [0.29, 0.717) is 16.7 Å². The third kappa shape index (κ3) is 4.03. The molecule has 7 heteroatoms. The molecule has 0 spiro atoms. The topological polar surface area (TPSA) is 47.9 Å². The molecule has 0 aliphatic heterocycles. The number of fused-ring (bicyclic) bond motifs is 1. The van der Waals surface area contributed by atoms with Gasteiger partial charge in [0.25, 0.3) is 6.43 Å². The predicted molar refractivity (Wildman–Crippen MR) is 99.4 cm³/mol. The summed E-state index contributed by atoms with van der Waals surface area (Å²) in [7, 11) is 0. The Labute approximate surface area is 158 Å². The van der Waals surface area contributed by atoms with E-state index in [1.165, 1.54) is 0 Å². The highest BCUT2D eigenvalue weighted by Gasteiger charge is 2.16. The minimum atomic E-state index is -2.77. The number of hydrogen-bond acceptors (Lipinski definition) is 5. The second-order valence-corrected chi connectivity index (χ2v) is 6.71. The van der Waals surface area contributed by atoms with Gasteiger partial charge in [-0.1, -0.05) is 23.9 Å². The molecule has 4 rings (SSSR count). The fraction of sp³-hybridized carbons (Fsp3) is 0.0500. The summed E-state index contributed by atoms with van der Waals surface area (Å²) in [4.78, 5) is 13.9. The van der Waals surface area contributed by atoms with Crippen molar-refractivity contribution in [1.29, 1.82) is 0 Å². The lowest BCUT2D eigenvalue weighted by atomic mass is 10.2. The molecule has 0 unspecified atom stereocenters. The third-order valence-corrected chi connectivity index (χ3v) is 4.72. The molecule has 134 valence electrons. The summed E-state index contributed by atoms with van der Waals surface area (Å²) in [6, 6.07) is 18.1.